The van der Waals surface area contributed by atoms with Gasteiger partial charge in [-0.3, -0.25) is 0 Å². The van der Waals surface area contributed by atoms with Crippen molar-refractivity contribution < 1.29 is 9.50 Å². The summed E-state index contributed by atoms with van der Waals surface area (Å²) in [5.41, 5.74) is 0.784. The molecule has 1 aromatic heterocycles. The van der Waals surface area contributed by atoms with Crippen LogP contribution >= 0.6 is 0 Å². The maximum absolute atomic E-state index is 13.2. The van der Waals surface area contributed by atoms with Crippen molar-refractivity contribution in [3.63, 3.8) is 0 Å². The maximum atomic E-state index is 13.2. The molecular formula is C14H17FN4O. The fourth-order valence-corrected chi connectivity index (χ4v) is 1.71. The van der Waals surface area contributed by atoms with E-state index in [1.54, 1.807) is 19.1 Å². The molecular weight excluding hydrogens is 259 g/mol. The molecule has 1 aromatic carbocycles. The molecule has 2 N–H and O–H groups in total. The Labute approximate surface area is 116 Å². The molecule has 106 valence electrons. The first-order chi connectivity index (χ1) is 9.38. The summed E-state index contributed by atoms with van der Waals surface area (Å²) >= 11 is 0. The molecule has 2 rings (SSSR count). The van der Waals surface area contributed by atoms with Gasteiger partial charge in [0.2, 0.25) is 5.95 Å². The van der Waals surface area contributed by atoms with E-state index in [0.717, 1.165) is 11.4 Å². The van der Waals surface area contributed by atoms with Crippen LogP contribution in [-0.4, -0.2) is 26.8 Å². The number of aromatic nitrogens is 3. The van der Waals surface area contributed by atoms with E-state index in [1.807, 2.05) is 13.8 Å². The predicted octanol–water partition coefficient (Wildman–Crippen LogP) is 1.95. The maximum Gasteiger partial charge on any atom is 0.243 e. The second kappa shape index (κ2) is 5.50. The topological polar surface area (TPSA) is 70.9 Å². The van der Waals surface area contributed by atoms with E-state index in [4.69, 9.17) is 0 Å². The lowest BCUT2D eigenvalue weighted by atomic mass is 9.96. The first-order valence-corrected chi connectivity index (χ1v) is 6.29. The van der Waals surface area contributed by atoms with Gasteiger partial charge in [0.15, 0.2) is 0 Å². The zero-order valence-electron chi connectivity index (χ0n) is 11.7. The Bertz CT molecular complexity index is 616. The van der Waals surface area contributed by atoms with Crippen molar-refractivity contribution in [3.8, 4) is 0 Å². The number of aryl methyl sites for hydroxylation is 2. The van der Waals surface area contributed by atoms with Crippen LogP contribution in [0.15, 0.2) is 24.3 Å². The van der Waals surface area contributed by atoms with Gasteiger partial charge in [0.1, 0.15) is 11.4 Å². The summed E-state index contributed by atoms with van der Waals surface area (Å²) in [6, 6.07) is 5.88. The Kier molecular flexibility index (Phi) is 3.94. The third kappa shape index (κ3) is 3.27. The van der Waals surface area contributed by atoms with Crippen LogP contribution in [-0.2, 0) is 5.60 Å². The molecule has 0 saturated heterocycles. The monoisotopic (exact) mass is 276 g/mol. The van der Waals surface area contributed by atoms with Gasteiger partial charge >= 0.3 is 0 Å². The lowest BCUT2D eigenvalue weighted by Gasteiger charge is -2.24. The van der Waals surface area contributed by atoms with E-state index in [0.29, 0.717) is 11.5 Å². The van der Waals surface area contributed by atoms with Crippen molar-refractivity contribution in [1.29, 1.82) is 0 Å². The summed E-state index contributed by atoms with van der Waals surface area (Å²) in [7, 11) is 0. The summed E-state index contributed by atoms with van der Waals surface area (Å²) in [4.78, 5) is 4.22. The van der Waals surface area contributed by atoms with E-state index in [-0.39, 0.29) is 12.4 Å². The van der Waals surface area contributed by atoms with Gasteiger partial charge in [-0.2, -0.15) is 5.10 Å². The van der Waals surface area contributed by atoms with Gasteiger partial charge in [0.25, 0.3) is 0 Å². The molecule has 0 radical (unpaired) electrons. The molecule has 1 atom stereocenters. The largest absolute Gasteiger partial charge is 0.384 e. The van der Waals surface area contributed by atoms with Crippen LogP contribution in [0.25, 0.3) is 0 Å². The average molecular weight is 276 g/mol. The van der Waals surface area contributed by atoms with E-state index < -0.39 is 5.60 Å². The average Bonchev–Trinajstić information content (AvgIpc) is 2.40. The molecule has 2 aromatic rings. The Morgan fingerprint density at radius 1 is 1.25 bits per heavy atom. The molecule has 20 heavy (non-hydrogen) atoms. The summed E-state index contributed by atoms with van der Waals surface area (Å²) in [5, 5.41) is 21.1. The van der Waals surface area contributed by atoms with Crippen molar-refractivity contribution in [2.75, 3.05) is 11.9 Å². The Morgan fingerprint density at radius 2 is 2.00 bits per heavy atom. The molecule has 0 aliphatic heterocycles. The van der Waals surface area contributed by atoms with Crippen LogP contribution in [0.3, 0.4) is 0 Å². The number of halogens is 1. The Balaban J connectivity index is 2.10. The first kappa shape index (κ1) is 14.3. The Morgan fingerprint density at radius 3 is 2.65 bits per heavy atom. The number of hydrogen-bond donors (Lipinski definition) is 2. The molecule has 0 aliphatic carbocycles. The third-order valence-electron chi connectivity index (χ3n) is 3.13. The molecule has 0 unspecified atom stereocenters. The molecule has 0 fully saturated rings. The molecule has 6 heteroatoms. The van der Waals surface area contributed by atoms with Gasteiger partial charge in [-0.15, -0.1) is 5.10 Å². The van der Waals surface area contributed by atoms with E-state index in [2.05, 4.69) is 20.5 Å². The SMILES string of the molecule is Cc1nnc(NC[C@](C)(O)c2cccc(F)c2)nc1C. The lowest BCUT2D eigenvalue weighted by Crippen LogP contribution is -2.31. The second-order valence-electron chi connectivity index (χ2n) is 4.94. The van der Waals surface area contributed by atoms with Crippen molar-refractivity contribution in [2.45, 2.75) is 26.4 Å². The number of aliphatic hydroxyl groups is 1. The standard InChI is InChI=1S/C14H17FN4O/c1-9-10(2)18-19-13(17-9)16-8-14(3,20)11-5-4-6-12(15)7-11/h4-7,20H,8H2,1-3H3,(H,16,17,19)/t14-/m0/s1. The summed E-state index contributed by atoms with van der Waals surface area (Å²) in [6.45, 7) is 5.41. The zero-order chi connectivity index (χ0) is 14.8. The van der Waals surface area contributed by atoms with E-state index in [1.165, 1.54) is 12.1 Å². The van der Waals surface area contributed by atoms with Gasteiger partial charge in [-0.05, 0) is 38.5 Å². The molecule has 0 amide bonds. The lowest BCUT2D eigenvalue weighted by molar-refractivity contribution is 0.0710. The van der Waals surface area contributed by atoms with Crippen molar-refractivity contribution in [3.05, 3.63) is 47.0 Å². The quantitative estimate of drug-likeness (QED) is 0.893. The number of anilines is 1. The minimum atomic E-state index is -1.23. The number of hydrogen-bond acceptors (Lipinski definition) is 5. The highest BCUT2D eigenvalue weighted by atomic mass is 19.1. The fourth-order valence-electron chi connectivity index (χ4n) is 1.71. The molecule has 5 nitrogen and oxygen atoms in total. The number of nitrogens with one attached hydrogen (secondary N) is 1. The zero-order valence-corrected chi connectivity index (χ0v) is 11.7. The van der Waals surface area contributed by atoms with Gasteiger partial charge in [0, 0.05) is 0 Å². The first-order valence-electron chi connectivity index (χ1n) is 6.29. The van der Waals surface area contributed by atoms with Gasteiger partial charge in [-0.1, -0.05) is 12.1 Å². The normalized spacial score (nSPS) is 13.8. The van der Waals surface area contributed by atoms with Crippen molar-refractivity contribution in [1.82, 2.24) is 15.2 Å². The summed E-state index contributed by atoms with van der Waals surface area (Å²) in [6.07, 6.45) is 0. The fraction of sp³-hybridized carbons (Fsp3) is 0.357. The van der Waals surface area contributed by atoms with Crippen molar-refractivity contribution in [2.24, 2.45) is 0 Å². The highest BCUT2D eigenvalue weighted by molar-refractivity contribution is 5.29. The second-order valence-corrected chi connectivity index (χ2v) is 4.94. The number of rotatable bonds is 4. The minimum Gasteiger partial charge on any atom is -0.384 e. The Hall–Kier alpha value is -2.08. The van der Waals surface area contributed by atoms with Crippen LogP contribution in [0.2, 0.25) is 0 Å². The highest BCUT2D eigenvalue weighted by Crippen LogP contribution is 2.21. The van der Waals surface area contributed by atoms with Crippen molar-refractivity contribution >= 4 is 5.95 Å². The highest BCUT2D eigenvalue weighted by Gasteiger charge is 2.23. The van der Waals surface area contributed by atoms with Crippen LogP contribution < -0.4 is 5.32 Å². The predicted molar refractivity (Wildman–Crippen MR) is 73.8 cm³/mol. The van der Waals surface area contributed by atoms with Crippen LogP contribution in [0, 0.1) is 19.7 Å². The van der Waals surface area contributed by atoms with Crippen LogP contribution in [0.1, 0.15) is 23.9 Å². The summed E-state index contributed by atoms with van der Waals surface area (Å²) < 4.78 is 13.2. The molecule has 1 heterocycles. The molecule has 0 spiro atoms. The van der Waals surface area contributed by atoms with Gasteiger partial charge in [-0.25, -0.2) is 9.37 Å². The third-order valence-corrected chi connectivity index (χ3v) is 3.13. The van der Waals surface area contributed by atoms with Crippen LogP contribution in [0.4, 0.5) is 10.3 Å². The van der Waals surface area contributed by atoms with Gasteiger partial charge in [0.05, 0.1) is 17.9 Å². The minimum absolute atomic E-state index is 0.153. The van der Waals surface area contributed by atoms with Gasteiger partial charge < -0.3 is 10.4 Å². The molecule has 0 bridgehead atoms. The number of benzene rings is 1. The smallest absolute Gasteiger partial charge is 0.243 e. The van der Waals surface area contributed by atoms with E-state index in [9.17, 15) is 9.50 Å². The van der Waals surface area contributed by atoms with Crippen LogP contribution in [0.5, 0.6) is 0 Å². The number of nitrogens with zero attached hydrogens (tertiary/aromatic N) is 3. The molecule has 0 aliphatic rings. The van der Waals surface area contributed by atoms with E-state index >= 15 is 0 Å². The molecule has 0 saturated carbocycles. The summed E-state index contributed by atoms with van der Waals surface area (Å²) in [5.74, 6) is -0.0448.